The molecule has 1 fully saturated rings. The Balaban J connectivity index is 1.78. The lowest BCUT2D eigenvalue weighted by molar-refractivity contribution is -0.120. The number of esters is 1. The van der Waals surface area contributed by atoms with Crippen LogP contribution in [-0.2, 0) is 16.1 Å². The number of hydrogen-bond donors (Lipinski definition) is 2. The minimum absolute atomic E-state index is 0.0752. The summed E-state index contributed by atoms with van der Waals surface area (Å²) >= 11 is 0. The highest BCUT2D eigenvalue weighted by Crippen LogP contribution is 2.28. The molecule has 2 aromatic carbocycles. The molecule has 1 unspecified atom stereocenters. The number of methoxy groups -OCH3 is 1. The number of amides is 1. The second kappa shape index (κ2) is 9.19. The average Bonchev–Trinajstić information content (AvgIpc) is 2.73. The van der Waals surface area contributed by atoms with E-state index in [4.69, 9.17) is 9.47 Å². The van der Waals surface area contributed by atoms with Crippen LogP contribution in [-0.4, -0.2) is 32.1 Å². The molecule has 2 aromatic rings. The van der Waals surface area contributed by atoms with Gasteiger partial charge in [0, 0.05) is 6.54 Å². The summed E-state index contributed by atoms with van der Waals surface area (Å²) in [6, 6.07) is 14.7. The van der Waals surface area contributed by atoms with Gasteiger partial charge in [0.05, 0.1) is 24.3 Å². The summed E-state index contributed by atoms with van der Waals surface area (Å²) in [7, 11) is 1.33. The van der Waals surface area contributed by atoms with E-state index in [2.05, 4.69) is 10.6 Å². The molecular weight excluding hydrogens is 344 g/mol. The van der Waals surface area contributed by atoms with Gasteiger partial charge >= 0.3 is 5.97 Å². The molecule has 1 atom stereocenters. The number of piperidine rings is 1. The van der Waals surface area contributed by atoms with E-state index in [1.165, 1.54) is 7.11 Å². The van der Waals surface area contributed by atoms with Crippen molar-refractivity contribution in [1.29, 1.82) is 0 Å². The Morgan fingerprint density at radius 1 is 1.19 bits per heavy atom. The lowest BCUT2D eigenvalue weighted by Crippen LogP contribution is -2.37. The molecule has 27 heavy (non-hydrogen) atoms. The Hall–Kier alpha value is -2.86. The van der Waals surface area contributed by atoms with Gasteiger partial charge in [-0.05, 0) is 43.1 Å². The first-order chi connectivity index (χ1) is 13.2. The molecule has 6 heteroatoms. The first kappa shape index (κ1) is 18.9. The van der Waals surface area contributed by atoms with Crippen LogP contribution < -0.4 is 15.4 Å². The number of benzene rings is 2. The van der Waals surface area contributed by atoms with Gasteiger partial charge in [-0.1, -0.05) is 30.3 Å². The largest absolute Gasteiger partial charge is 0.487 e. The second-order valence-corrected chi connectivity index (χ2v) is 6.51. The molecule has 0 spiro atoms. The van der Waals surface area contributed by atoms with E-state index < -0.39 is 5.97 Å². The van der Waals surface area contributed by atoms with Crippen molar-refractivity contribution in [3.63, 3.8) is 0 Å². The highest BCUT2D eigenvalue weighted by Gasteiger charge is 2.22. The van der Waals surface area contributed by atoms with Crippen LogP contribution in [0.2, 0.25) is 0 Å². The monoisotopic (exact) mass is 368 g/mol. The summed E-state index contributed by atoms with van der Waals surface area (Å²) in [6.45, 7) is 1.96. The molecule has 0 bridgehead atoms. The number of carbonyl (C=O) groups excluding carboxylic acids is 2. The van der Waals surface area contributed by atoms with E-state index in [0.29, 0.717) is 30.2 Å². The predicted molar refractivity (Wildman–Crippen MR) is 103 cm³/mol. The first-order valence-corrected chi connectivity index (χ1v) is 9.08. The molecule has 6 nitrogen and oxygen atoms in total. The van der Waals surface area contributed by atoms with Crippen LogP contribution in [0.25, 0.3) is 0 Å². The Bertz CT molecular complexity index is 786. The van der Waals surface area contributed by atoms with Gasteiger partial charge in [-0.2, -0.15) is 0 Å². The third-order valence-corrected chi connectivity index (χ3v) is 4.56. The van der Waals surface area contributed by atoms with Crippen LogP contribution >= 0.6 is 0 Å². The molecule has 0 aromatic heterocycles. The van der Waals surface area contributed by atoms with Crippen molar-refractivity contribution in [1.82, 2.24) is 5.32 Å². The summed E-state index contributed by atoms with van der Waals surface area (Å²) in [5, 5.41) is 6.16. The van der Waals surface area contributed by atoms with Gasteiger partial charge in [-0.15, -0.1) is 0 Å². The maximum atomic E-state index is 12.6. The van der Waals surface area contributed by atoms with E-state index in [0.717, 1.165) is 24.9 Å². The molecule has 1 heterocycles. The lowest BCUT2D eigenvalue weighted by atomic mass is 9.98. The predicted octanol–water partition coefficient (Wildman–Crippen LogP) is 2.99. The van der Waals surface area contributed by atoms with Crippen molar-refractivity contribution in [2.45, 2.75) is 19.4 Å². The van der Waals surface area contributed by atoms with E-state index in [1.54, 1.807) is 18.2 Å². The highest BCUT2D eigenvalue weighted by atomic mass is 16.5. The van der Waals surface area contributed by atoms with Crippen molar-refractivity contribution in [3.05, 3.63) is 59.7 Å². The van der Waals surface area contributed by atoms with Gasteiger partial charge in [0.2, 0.25) is 5.91 Å². The van der Waals surface area contributed by atoms with E-state index in [-0.39, 0.29) is 11.8 Å². The van der Waals surface area contributed by atoms with Crippen LogP contribution in [0.15, 0.2) is 48.5 Å². The molecule has 1 aliphatic rings. The third kappa shape index (κ3) is 5.08. The van der Waals surface area contributed by atoms with Crippen LogP contribution in [0.5, 0.6) is 5.75 Å². The van der Waals surface area contributed by atoms with Crippen molar-refractivity contribution in [2.24, 2.45) is 5.92 Å². The summed E-state index contributed by atoms with van der Waals surface area (Å²) in [6.07, 6.45) is 1.81. The van der Waals surface area contributed by atoms with Gasteiger partial charge in [0.1, 0.15) is 12.4 Å². The minimum atomic E-state index is -0.459. The molecule has 2 N–H and O–H groups in total. The Morgan fingerprint density at radius 3 is 2.70 bits per heavy atom. The van der Waals surface area contributed by atoms with E-state index in [9.17, 15) is 9.59 Å². The normalized spacial score (nSPS) is 16.4. The summed E-state index contributed by atoms with van der Waals surface area (Å²) < 4.78 is 10.7. The molecule has 3 rings (SSSR count). The molecule has 0 saturated carbocycles. The molecular formula is C21H24N2O4. The number of hydrogen-bond acceptors (Lipinski definition) is 5. The lowest BCUT2D eigenvalue weighted by Gasteiger charge is -2.22. The van der Waals surface area contributed by atoms with E-state index in [1.807, 2.05) is 30.3 Å². The average molecular weight is 368 g/mol. The Labute approximate surface area is 158 Å². The van der Waals surface area contributed by atoms with Crippen LogP contribution in [0, 0.1) is 5.92 Å². The van der Waals surface area contributed by atoms with Crippen molar-refractivity contribution in [2.75, 3.05) is 25.5 Å². The zero-order chi connectivity index (χ0) is 19.1. The molecule has 1 saturated heterocycles. The van der Waals surface area contributed by atoms with Crippen LogP contribution in [0.1, 0.15) is 28.8 Å². The standard InChI is InChI=1S/C21H24N2O4/c1-26-21(25)16-9-10-19(27-14-15-6-3-2-4-7-15)18(12-16)23-20(24)17-8-5-11-22-13-17/h2-4,6-7,9-10,12,17,22H,5,8,11,13-14H2,1H3,(H,23,24). The SMILES string of the molecule is COC(=O)c1ccc(OCc2ccccc2)c(NC(=O)C2CCCNC2)c1. The van der Waals surface area contributed by atoms with Crippen molar-refractivity contribution in [3.8, 4) is 5.75 Å². The molecule has 1 aliphatic heterocycles. The summed E-state index contributed by atoms with van der Waals surface area (Å²) in [5.41, 5.74) is 1.86. The summed E-state index contributed by atoms with van der Waals surface area (Å²) in [5.74, 6) is -0.112. The smallest absolute Gasteiger partial charge is 0.337 e. The molecule has 0 aliphatic carbocycles. The van der Waals surface area contributed by atoms with Crippen LogP contribution in [0.4, 0.5) is 5.69 Å². The fourth-order valence-corrected chi connectivity index (χ4v) is 3.04. The fourth-order valence-electron chi connectivity index (χ4n) is 3.04. The number of nitrogens with one attached hydrogen (secondary N) is 2. The van der Waals surface area contributed by atoms with Gasteiger partial charge in [-0.25, -0.2) is 4.79 Å². The van der Waals surface area contributed by atoms with Crippen molar-refractivity contribution < 1.29 is 19.1 Å². The fraction of sp³-hybridized carbons (Fsp3) is 0.333. The Morgan fingerprint density at radius 2 is 2.00 bits per heavy atom. The number of ether oxygens (including phenoxy) is 2. The number of rotatable bonds is 6. The zero-order valence-electron chi connectivity index (χ0n) is 15.4. The number of anilines is 1. The van der Waals surface area contributed by atoms with Crippen LogP contribution in [0.3, 0.4) is 0 Å². The van der Waals surface area contributed by atoms with Gasteiger partial charge in [0.15, 0.2) is 0 Å². The molecule has 1 amide bonds. The second-order valence-electron chi connectivity index (χ2n) is 6.51. The van der Waals surface area contributed by atoms with E-state index >= 15 is 0 Å². The first-order valence-electron chi connectivity index (χ1n) is 9.08. The van der Waals surface area contributed by atoms with Gasteiger partial charge in [-0.3, -0.25) is 4.79 Å². The highest BCUT2D eigenvalue weighted by molar-refractivity contribution is 5.97. The topological polar surface area (TPSA) is 76.7 Å². The maximum absolute atomic E-state index is 12.6. The minimum Gasteiger partial charge on any atom is -0.487 e. The zero-order valence-corrected chi connectivity index (χ0v) is 15.4. The molecule has 0 radical (unpaired) electrons. The third-order valence-electron chi connectivity index (χ3n) is 4.56. The quantitative estimate of drug-likeness (QED) is 0.767. The van der Waals surface area contributed by atoms with Gasteiger partial charge in [0.25, 0.3) is 0 Å². The van der Waals surface area contributed by atoms with Crippen molar-refractivity contribution >= 4 is 17.6 Å². The molecule has 142 valence electrons. The maximum Gasteiger partial charge on any atom is 0.337 e. The Kier molecular flexibility index (Phi) is 6.44. The van der Waals surface area contributed by atoms with Gasteiger partial charge < -0.3 is 20.1 Å². The summed E-state index contributed by atoms with van der Waals surface area (Å²) in [4.78, 5) is 24.5. The number of carbonyl (C=O) groups is 2.